The topological polar surface area (TPSA) is 52.3 Å². The molecule has 1 fully saturated rings. The molecule has 0 bridgehead atoms. The SMILES string of the molecule is CCn1c(C2CCN(Cc3cccc(Cl)c3)CC2)nn(CCOC)c1=O. The highest BCUT2D eigenvalue weighted by atomic mass is 35.5. The largest absolute Gasteiger partial charge is 0.383 e. The van der Waals surface area contributed by atoms with Crippen LogP contribution < -0.4 is 5.69 Å². The van der Waals surface area contributed by atoms with Gasteiger partial charge in [-0.25, -0.2) is 9.48 Å². The molecule has 0 spiro atoms. The van der Waals surface area contributed by atoms with E-state index in [0.717, 1.165) is 43.3 Å². The lowest BCUT2D eigenvalue weighted by Crippen LogP contribution is -2.33. The van der Waals surface area contributed by atoms with Crippen molar-refractivity contribution >= 4 is 11.6 Å². The van der Waals surface area contributed by atoms with Crippen LogP contribution in [0, 0.1) is 0 Å². The molecule has 6 nitrogen and oxygen atoms in total. The van der Waals surface area contributed by atoms with Gasteiger partial charge in [0.1, 0.15) is 5.82 Å². The quantitative estimate of drug-likeness (QED) is 0.743. The van der Waals surface area contributed by atoms with E-state index in [9.17, 15) is 4.79 Å². The average molecular weight is 379 g/mol. The van der Waals surface area contributed by atoms with Crippen LogP contribution in [0.1, 0.15) is 37.1 Å². The highest BCUT2D eigenvalue weighted by Crippen LogP contribution is 2.27. The normalized spacial score (nSPS) is 16.3. The summed E-state index contributed by atoms with van der Waals surface area (Å²) >= 11 is 6.08. The summed E-state index contributed by atoms with van der Waals surface area (Å²) in [5, 5.41) is 5.40. The molecule has 0 saturated carbocycles. The Kier molecular flexibility index (Phi) is 6.51. The lowest BCUT2D eigenvalue weighted by Gasteiger charge is -2.31. The molecule has 0 unspecified atom stereocenters. The Morgan fingerprint density at radius 1 is 1.31 bits per heavy atom. The van der Waals surface area contributed by atoms with Crippen molar-refractivity contribution in [1.82, 2.24) is 19.2 Å². The number of hydrogen-bond donors (Lipinski definition) is 0. The first-order valence-electron chi connectivity index (χ1n) is 9.25. The summed E-state index contributed by atoms with van der Waals surface area (Å²) in [6.07, 6.45) is 2.03. The molecule has 0 aliphatic carbocycles. The Morgan fingerprint density at radius 2 is 2.08 bits per heavy atom. The van der Waals surface area contributed by atoms with Crippen LogP contribution in [0.5, 0.6) is 0 Å². The van der Waals surface area contributed by atoms with Crippen molar-refractivity contribution in [3.8, 4) is 0 Å². The molecule has 0 radical (unpaired) electrons. The molecule has 1 aromatic heterocycles. The lowest BCUT2D eigenvalue weighted by molar-refractivity contribution is 0.181. The molecule has 1 aliphatic rings. The second-order valence-electron chi connectivity index (χ2n) is 6.78. The van der Waals surface area contributed by atoms with Gasteiger partial charge in [-0.15, -0.1) is 0 Å². The molecule has 26 heavy (non-hydrogen) atoms. The number of nitrogens with zero attached hydrogens (tertiary/aromatic N) is 4. The van der Waals surface area contributed by atoms with Crippen molar-refractivity contribution in [2.24, 2.45) is 0 Å². The van der Waals surface area contributed by atoms with Gasteiger partial charge in [-0.2, -0.15) is 5.10 Å². The molecule has 0 amide bonds. The molecule has 1 aliphatic heterocycles. The Bertz CT molecular complexity index is 778. The maximum Gasteiger partial charge on any atom is 0.345 e. The van der Waals surface area contributed by atoms with Gasteiger partial charge in [-0.05, 0) is 50.6 Å². The van der Waals surface area contributed by atoms with Crippen LogP contribution in [0.2, 0.25) is 5.02 Å². The lowest BCUT2D eigenvalue weighted by atomic mass is 9.95. The van der Waals surface area contributed by atoms with E-state index < -0.39 is 0 Å². The second-order valence-corrected chi connectivity index (χ2v) is 7.22. The summed E-state index contributed by atoms with van der Waals surface area (Å²) in [5.74, 6) is 1.26. The predicted octanol–water partition coefficient (Wildman–Crippen LogP) is 2.74. The molecule has 1 aromatic carbocycles. The van der Waals surface area contributed by atoms with Crippen molar-refractivity contribution < 1.29 is 4.74 Å². The van der Waals surface area contributed by atoms with E-state index in [2.05, 4.69) is 16.1 Å². The van der Waals surface area contributed by atoms with Gasteiger partial charge in [-0.3, -0.25) is 9.47 Å². The van der Waals surface area contributed by atoms with Gasteiger partial charge in [0, 0.05) is 31.1 Å². The van der Waals surface area contributed by atoms with E-state index in [1.165, 1.54) is 5.56 Å². The molecule has 7 heteroatoms. The van der Waals surface area contributed by atoms with E-state index in [-0.39, 0.29) is 5.69 Å². The summed E-state index contributed by atoms with van der Waals surface area (Å²) in [6.45, 7) is 6.57. The van der Waals surface area contributed by atoms with Crippen LogP contribution in [-0.2, 0) is 24.4 Å². The van der Waals surface area contributed by atoms with E-state index in [1.807, 2.05) is 29.7 Å². The first kappa shape index (κ1) is 19.1. The third kappa shape index (κ3) is 4.37. The van der Waals surface area contributed by atoms with E-state index in [0.29, 0.717) is 25.6 Å². The van der Waals surface area contributed by atoms with Gasteiger partial charge in [0.05, 0.1) is 13.2 Å². The van der Waals surface area contributed by atoms with E-state index in [1.54, 1.807) is 11.8 Å². The van der Waals surface area contributed by atoms with Crippen LogP contribution in [-0.4, -0.2) is 46.1 Å². The van der Waals surface area contributed by atoms with Crippen LogP contribution in [0.25, 0.3) is 0 Å². The van der Waals surface area contributed by atoms with Crippen LogP contribution >= 0.6 is 11.6 Å². The van der Waals surface area contributed by atoms with Crippen molar-refractivity contribution in [3.05, 3.63) is 51.2 Å². The number of benzene rings is 1. The highest BCUT2D eigenvalue weighted by molar-refractivity contribution is 6.30. The minimum atomic E-state index is -0.0269. The first-order valence-corrected chi connectivity index (χ1v) is 9.63. The zero-order valence-corrected chi connectivity index (χ0v) is 16.3. The maximum absolute atomic E-state index is 12.5. The van der Waals surface area contributed by atoms with Crippen molar-refractivity contribution in [2.75, 3.05) is 26.8 Å². The molecular weight excluding hydrogens is 352 g/mol. The van der Waals surface area contributed by atoms with Crippen LogP contribution in [0.4, 0.5) is 0 Å². The number of ether oxygens (including phenoxy) is 1. The number of aromatic nitrogens is 3. The molecule has 0 atom stereocenters. The van der Waals surface area contributed by atoms with Gasteiger partial charge >= 0.3 is 5.69 Å². The molecule has 2 aromatic rings. The van der Waals surface area contributed by atoms with Gasteiger partial charge in [0.15, 0.2) is 0 Å². The Labute approximate surface area is 159 Å². The summed E-state index contributed by atoms with van der Waals surface area (Å²) in [4.78, 5) is 14.9. The molecule has 2 heterocycles. The van der Waals surface area contributed by atoms with E-state index >= 15 is 0 Å². The van der Waals surface area contributed by atoms with Crippen molar-refractivity contribution in [1.29, 1.82) is 0 Å². The van der Waals surface area contributed by atoms with Gasteiger partial charge < -0.3 is 4.74 Å². The average Bonchev–Trinajstić information content (AvgIpc) is 2.96. The fourth-order valence-corrected chi connectivity index (χ4v) is 3.84. The summed E-state index contributed by atoms with van der Waals surface area (Å²) in [6, 6.07) is 8.04. The first-order chi connectivity index (χ1) is 12.6. The number of piperidine rings is 1. The van der Waals surface area contributed by atoms with Crippen LogP contribution in [0.15, 0.2) is 29.1 Å². The predicted molar refractivity (Wildman–Crippen MR) is 103 cm³/mol. The molecule has 0 N–H and O–H groups in total. The Morgan fingerprint density at radius 3 is 2.73 bits per heavy atom. The second kappa shape index (κ2) is 8.84. The van der Waals surface area contributed by atoms with Gasteiger partial charge in [0.25, 0.3) is 0 Å². The minimum Gasteiger partial charge on any atom is -0.383 e. The fraction of sp³-hybridized carbons (Fsp3) is 0.579. The summed E-state index contributed by atoms with van der Waals surface area (Å²) in [7, 11) is 1.64. The third-order valence-electron chi connectivity index (χ3n) is 5.02. The number of rotatable bonds is 7. The maximum atomic E-state index is 12.5. The monoisotopic (exact) mass is 378 g/mol. The van der Waals surface area contributed by atoms with E-state index in [4.69, 9.17) is 16.3 Å². The number of likely N-dealkylation sites (tertiary alicyclic amines) is 1. The zero-order chi connectivity index (χ0) is 18.5. The smallest absolute Gasteiger partial charge is 0.345 e. The molecule has 142 valence electrons. The molecule has 1 saturated heterocycles. The summed E-state index contributed by atoms with van der Waals surface area (Å²) in [5.41, 5.74) is 1.21. The highest BCUT2D eigenvalue weighted by Gasteiger charge is 2.26. The standard InChI is InChI=1S/C19H27ClN4O2/c1-3-23-18(21-24(19(23)25)11-12-26-2)16-7-9-22(10-8-16)14-15-5-4-6-17(20)13-15/h4-6,13,16H,3,7-12,14H2,1-2H3. The minimum absolute atomic E-state index is 0.0269. The Balaban J connectivity index is 1.65. The molecular formula is C19H27ClN4O2. The van der Waals surface area contributed by atoms with Crippen LogP contribution in [0.3, 0.4) is 0 Å². The zero-order valence-electron chi connectivity index (χ0n) is 15.5. The number of halogens is 1. The van der Waals surface area contributed by atoms with Gasteiger partial charge in [0.2, 0.25) is 0 Å². The number of methoxy groups -OCH3 is 1. The number of hydrogen-bond acceptors (Lipinski definition) is 4. The van der Waals surface area contributed by atoms with Crippen molar-refractivity contribution in [3.63, 3.8) is 0 Å². The Hall–Kier alpha value is -1.63. The third-order valence-corrected chi connectivity index (χ3v) is 5.26. The summed E-state index contributed by atoms with van der Waals surface area (Å²) < 4.78 is 8.44. The van der Waals surface area contributed by atoms with Gasteiger partial charge in [-0.1, -0.05) is 23.7 Å². The molecule has 3 rings (SSSR count). The van der Waals surface area contributed by atoms with Crippen molar-refractivity contribution in [2.45, 2.75) is 45.3 Å². The fourth-order valence-electron chi connectivity index (χ4n) is 3.62.